The fourth-order valence-corrected chi connectivity index (χ4v) is 1.98. The molecule has 0 saturated heterocycles. The number of benzene rings is 1. The molecular formula is C13H22N2O. The standard InChI is InChI=1S/C13H22N2O/c1-9-5-6-11(7-10(9)2)13(15(3)4)12(14)8-16/h5-7,12-13,16H,8,14H2,1-4H3. The predicted molar refractivity (Wildman–Crippen MR) is 67.4 cm³/mol. The molecule has 1 rings (SSSR count). The van der Waals surface area contributed by atoms with E-state index in [0.29, 0.717) is 0 Å². The predicted octanol–water partition coefficient (Wildman–Crippen LogP) is 1.23. The highest BCUT2D eigenvalue weighted by atomic mass is 16.3. The van der Waals surface area contributed by atoms with Crippen LogP contribution in [0.15, 0.2) is 18.2 Å². The summed E-state index contributed by atoms with van der Waals surface area (Å²) in [5, 5.41) is 9.19. The van der Waals surface area contributed by atoms with Gasteiger partial charge in [-0.1, -0.05) is 18.2 Å². The van der Waals surface area contributed by atoms with Crippen LogP contribution in [0.2, 0.25) is 0 Å². The summed E-state index contributed by atoms with van der Waals surface area (Å²) in [5.74, 6) is 0. The number of aliphatic hydroxyl groups excluding tert-OH is 1. The Morgan fingerprint density at radius 2 is 1.88 bits per heavy atom. The summed E-state index contributed by atoms with van der Waals surface area (Å²) in [4.78, 5) is 2.05. The SMILES string of the molecule is Cc1ccc(C(C(N)CO)N(C)C)cc1C. The lowest BCUT2D eigenvalue weighted by molar-refractivity contribution is 0.181. The van der Waals surface area contributed by atoms with Crippen molar-refractivity contribution in [2.45, 2.75) is 25.9 Å². The third-order valence-corrected chi connectivity index (χ3v) is 3.05. The first-order valence-corrected chi connectivity index (χ1v) is 5.57. The lowest BCUT2D eigenvalue weighted by atomic mass is 9.96. The molecule has 2 unspecified atom stereocenters. The molecule has 0 aliphatic heterocycles. The summed E-state index contributed by atoms with van der Waals surface area (Å²) < 4.78 is 0. The quantitative estimate of drug-likeness (QED) is 0.805. The van der Waals surface area contributed by atoms with E-state index in [2.05, 4.69) is 32.0 Å². The van der Waals surface area contributed by atoms with Crippen molar-refractivity contribution >= 4 is 0 Å². The van der Waals surface area contributed by atoms with Crippen molar-refractivity contribution in [2.24, 2.45) is 5.73 Å². The first kappa shape index (κ1) is 13.2. The molecule has 1 aromatic carbocycles. The van der Waals surface area contributed by atoms with E-state index in [9.17, 15) is 5.11 Å². The molecule has 0 radical (unpaired) electrons. The number of hydrogen-bond donors (Lipinski definition) is 2. The molecule has 0 spiro atoms. The molecule has 0 aromatic heterocycles. The summed E-state index contributed by atoms with van der Waals surface area (Å²) >= 11 is 0. The van der Waals surface area contributed by atoms with Gasteiger partial charge in [0, 0.05) is 6.04 Å². The second kappa shape index (κ2) is 5.43. The number of nitrogens with two attached hydrogens (primary N) is 1. The van der Waals surface area contributed by atoms with Crippen LogP contribution in [0.5, 0.6) is 0 Å². The van der Waals surface area contributed by atoms with Gasteiger partial charge in [-0.15, -0.1) is 0 Å². The minimum absolute atomic E-state index is 0.00420. The first-order chi connectivity index (χ1) is 7.47. The lowest BCUT2D eigenvalue weighted by Gasteiger charge is -2.29. The van der Waals surface area contributed by atoms with Crippen LogP contribution in [-0.4, -0.2) is 36.8 Å². The Labute approximate surface area is 97.9 Å². The third-order valence-electron chi connectivity index (χ3n) is 3.05. The number of hydrogen-bond acceptors (Lipinski definition) is 3. The second-order valence-corrected chi connectivity index (χ2v) is 4.60. The van der Waals surface area contributed by atoms with Crippen molar-refractivity contribution in [3.05, 3.63) is 34.9 Å². The highest BCUT2D eigenvalue weighted by Gasteiger charge is 2.21. The van der Waals surface area contributed by atoms with E-state index in [1.807, 2.05) is 19.0 Å². The summed E-state index contributed by atoms with van der Waals surface area (Å²) in [5.41, 5.74) is 9.64. The summed E-state index contributed by atoms with van der Waals surface area (Å²) in [7, 11) is 3.96. The van der Waals surface area contributed by atoms with Crippen LogP contribution in [0.1, 0.15) is 22.7 Å². The zero-order valence-corrected chi connectivity index (χ0v) is 10.6. The van der Waals surface area contributed by atoms with Crippen molar-refractivity contribution in [2.75, 3.05) is 20.7 Å². The Morgan fingerprint density at radius 3 is 2.31 bits per heavy atom. The number of aryl methyl sites for hydroxylation is 2. The molecule has 0 aliphatic rings. The van der Waals surface area contributed by atoms with E-state index in [1.165, 1.54) is 11.1 Å². The van der Waals surface area contributed by atoms with Gasteiger partial charge in [-0.05, 0) is 44.6 Å². The zero-order chi connectivity index (χ0) is 12.3. The van der Waals surface area contributed by atoms with Crippen LogP contribution in [0.4, 0.5) is 0 Å². The Bertz CT molecular complexity index is 350. The van der Waals surface area contributed by atoms with E-state index in [1.54, 1.807) is 0 Å². The highest BCUT2D eigenvalue weighted by Crippen LogP contribution is 2.23. The van der Waals surface area contributed by atoms with Gasteiger partial charge in [0.05, 0.1) is 12.6 Å². The van der Waals surface area contributed by atoms with Crippen LogP contribution in [-0.2, 0) is 0 Å². The second-order valence-electron chi connectivity index (χ2n) is 4.60. The molecule has 3 heteroatoms. The fourth-order valence-electron chi connectivity index (χ4n) is 1.98. The minimum Gasteiger partial charge on any atom is -0.395 e. The van der Waals surface area contributed by atoms with Gasteiger partial charge in [-0.2, -0.15) is 0 Å². The van der Waals surface area contributed by atoms with Crippen LogP contribution >= 0.6 is 0 Å². The summed E-state index contributed by atoms with van der Waals surface area (Å²) in [6, 6.07) is 6.14. The normalized spacial score (nSPS) is 15.2. The van der Waals surface area contributed by atoms with Crippen LogP contribution < -0.4 is 5.73 Å². The van der Waals surface area contributed by atoms with Crippen molar-refractivity contribution in [3.63, 3.8) is 0 Å². The molecule has 16 heavy (non-hydrogen) atoms. The molecule has 3 nitrogen and oxygen atoms in total. The number of rotatable bonds is 4. The molecule has 1 aromatic rings. The average Bonchev–Trinajstić information content (AvgIpc) is 2.22. The molecule has 0 fully saturated rings. The van der Waals surface area contributed by atoms with Gasteiger partial charge in [0.2, 0.25) is 0 Å². The van der Waals surface area contributed by atoms with Gasteiger partial charge in [-0.25, -0.2) is 0 Å². The lowest BCUT2D eigenvalue weighted by Crippen LogP contribution is -2.39. The molecule has 3 N–H and O–H groups in total. The topological polar surface area (TPSA) is 49.5 Å². The molecule has 0 aliphatic carbocycles. The maximum atomic E-state index is 9.19. The smallest absolute Gasteiger partial charge is 0.0601 e. The van der Waals surface area contributed by atoms with Crippen LogP contribution in [0.3, 0.4) is 0 Å². The molecule has 0 heterocycles. The van der Waals surface area contributed by atoms with Gasteiger partial charge in [0.15, 0.2) is 0 Å². The van der Waals surface area contributed by atoms with E-state index in [4.69, 9.17) is 5.73 Å². The fraction of sp³-hybridized carbons (Fsp3) is 0.538. The Kier molecular flexibility index (Phi) is 4.47. The number of nitrogens with zero attached hydrogens (tertiary/aromatic N) is 1. The van der Waals surface area contributed by atoms with Crippen LogP contribution in [0, 0.1) is 13.8 Å². The van der Waals surface area contributed by atoms with Gasteiger partial charge < -0.3 is 15.7 Å². The Balaban J connectivity index is 3.06. The van der Waals surface area contributed by atoms with Crippen molar-refractivity contribution in [1.29, 1.82) is 0 Å². The Morgan fingerprint density at radius 1 is 1.25 bits per heavy atom. The maximum absolute atomic E-state index is 9.19. The van der Waals surface area contributed by atoms with Crippen molar-refractivity contribution < 1.29 is 5.11 Å². The largest absolute Gasteiger partial charge is 0.395 e. The van der Waals surface area contributed by atoms with E-state index >= 15 is 0 Å². The van der Waals surface area contributed by atoms with Crippen molar-refractivity contribution in [1.82, 2.24) is 4.90 Å². The van der Waals surface area contributed by atoms with E-state index in [-0.39, 0.29) is 18.7 Å². The third kappa shape index (κ3) is 2.82. The van der Waals surface area contributed by atoms with E-state index in [0.717, 1.165) is 5.56 Å². The highest BCUT2D eigenvalue weighted by molar-refractivity contribution is 5.32. The average molecular weight is 222 g/mol. The number of aliphatic hydroxyl groups is 1. The summed E-state index contributed by atoms with van der Waals surface area (Å²) in [6.45, 7) is 4.18. The molecular weight excluding hydrogens is 200 g/mol. The van der Waals surface area contributed by atoms with Gasteiger partial charge >= 0.3 is 0 Å². The first-order valence-electron chi connectivity index (χ1n) is 5.57. The summed E-state index contributed by atoms with van der Waals surface area (Å²) in [6.07, 6.45) is 0. The molecule has 90 valence electrons. The number of likely N-dealkylation sites (N-methyl/N-ethyl adjacent to an activating group) is 1. The molecule has 0 bridgehead atoms. The Hall–Kier alpha value is -0.900. The zero-order valence-electron chi connectivity index (χ0n) is 10.6. The monoisotopic (exact) mass is 222 g/mol. The van der Waals surface area contributed by atoms with Gasteiger partial charge in [-0.3, -0.25) is 0 Å². The van der Waals surface area contributed by atoms with E-state index < -0.39 is 0 Å². The van der Waals surface area contributed by atoms with Gasteiger partial charge in [0.25, 0.3) is 0 Å². The van der Waals surface area contributed by atoms with Crippen molar-refractivity contribution in [3.8, 4) is 0 Å². The van der Waals surface area contributed by atoms with Crippen LogP contribution in [0.25, 0.3) is 0 Å². The molecule has 2 atom stereocenters. The minimum atomic E-state index is -0.253. The van der Waals surface area contributed by atoms with Gasteiger partial charge in [0.1, 0.15) is 0 Å². The maximum Gasteiger partial charge on any atom is 0.0601 e. The molecule has 0 amide bonds. The molecule has 0 saturated carbocycles.